The number of rotatable bonds is 0. The van der Waals surface area contributed by atoms with E-state index in [1.54, 1.807) is 0 Å². The molecule has 0 saturated carbocycles. The van der Waals surface area contributed by atoms with Crippen LogP contribution in [0.5, 0.6) is 0 Å². The SMILES string of the molecule is CC1=NN(C)CCO1. The molecule has 1 aliphatic heterocycles. The van der Waals surface area contributed by atoms with Gasteiger partial charge in [0.2, 0.25) is 5.90 Å². The van der Waals surface area contributed by atoms with Crippen LogP contribution < -0.4 is 0 Å². The van der Waals surface area contributed by atoms with Crippen LogP contribution in [0.25, 0.3) is 0 Å². The molecule has 0 bridgehead atoms. The second kappa shape index (κ2) is 2.03. The lowest BCUT2D eigenvalue weighted by atomic mass is 10.6. The quantitative estimate of drug-likeness (QED) is 0.452. The summed E-state index contributed by atoms with van der Waals surface area (Å²) in [6, 6.07) is 0. The third kappa shape index (κ3) is 1.12. The van der Waals surface area contributed by atoms with E-state index in [4.69, 9.17) is 4.74 Å². The van der Waals surface area contributed by atoms with Crippen LogP contribution in [0.3, 0.4) is 0 Å². The first-order chi connectivity index (χ1) is 3.79. The van der Waals surface area contributed by atoms with Gasteiger partial charge in [0.15, 0.2) is 0 Å². The molecule has 1 rings (SSSR count). The summed E-state index contributed by atoms with van der Waals surface area (Å²) in [5.74, 6) is 0.763. The van der Waals surface area contributed by atoms with E-state index in [0.29, 0.717) is 0 Å². The highest BCUT2D eigenvalue weighted by Gasteiger charge is 2.02. The second-order valence-electron chi connectivity index (χ2n) is 1.85. The molecule has 3 nitrogen and oxygen atoms in total. The zero-order chi connectivity index (χ0) is 5.98. The van der Waals surface area contributed by atoms with Crippen molar-refractivity contribution in [2.75, 3.05) is 20.2 Å². The van der Waals surface area contributed by atoms with Crippen LogP contribution in [0, 0.1) is 0 Å². The van der Waals surface area contributed by atoms with E-state index < -0.39 is 0 Å². The summed E-state index contributed by atoms with van der Waals surface area (Å²) in [5.41, 5.74) is 0. The molecule has 0 radical (unpaired) electrons. The van der Waals surface area contributed by atoms with Gasteiger partial charge in [-0.05, 0) is 0 Å². The van der Waals surface area contributed by atoms with Gasteiger partial charge in [-0.25, -0.2) is 0 Å². The lowest BCUT2D eigenvalue weighted by Gasteiger charge is -2.19. The Morgan fingerprint density at radius 3 is 2.88 bits per heavy atom. The van der Waals surface area contributed by atoms with Gasteiger partial charge in [-0.15, -0.1) is 5.10 Å². The standard InChI is InChI=1S/C5H10N2O/c1-5-6-7(2)3-4-8-5/h3-4H2,1-2H3. The lowest BCUT2D eigenvalue weighted by Crippen LogP contribution is -2.25. The third-order valence-corrected chi connectivity index (χ3v) is 1.04. The fourth-order valence-corrected chi connectivity index (χ4v) is 0.645. The van der Waals surface area contributed by atoms with Crippen molar-refractivity contribution in [1.29, 1.82) is 0 Å². The summed E-state index contributed by atoms with van der Waals surface area (Å²) in [6.45, 7) is 3.53. The normalized spacial score (nSPS) is 19.8. The van der Waals surface area contributed by atoms with E-state index in [0.717, 1.165) is 19.0 Å². The maximum atomic E-state index is 5.06. The number of ether oxygens (including phenoxy) is 1. The number of likely N-dealkylation sites (N-methyl/N-ethyl adjacent to an activating group) is 1. The first-order valence-corrected chi connectivity index (χ1v) is 2.68. The minimum absolute atomic E-state index is 0.763. The van der Waals surface area contributed by atoms with Crippen LogP contribution in [-0.2, 0) is 4.74 Å². The fraction of sp³-hybridized carbons (Fsp3) is 0.800. The molecule has 3 heteroatoms. The summed E-state index contributed by atoms with van der Waals surface area (Å²) in [5, 5.41) is 5.88. The van der Waals surface area contributed by atoms with Gasteiger partial charge >= 0.3 is 0 Å². The van der Waals surface area contributed by atoms with Crippen molar-refractivity contribution in [1.82, 2.24) is 5.01 Å². The number of nitrogens with zero attached hydrogens (tertiary/aromatic N) is 2. The molecule has 0 aromatic heterocycles. The Hall–Kier alpha value is -0.730. The Bertz CT molecular complexity index is 111. The molecule has 0 spiro atoms. The van der Waals surface area contributed by atoms with Crippen LogP contribution in [0.15, 0.2) is 5.10 Å². The minimum atomic E-state index is 0.763. The molecular formula is C5H10N2O. The van der Waals surface area contributed by atoms with Crippen molar-refractivity contribution < 1.29 is 4.74 Å². The van der Waals surface area contributed by atoms with Gasteiger partial charge in [-0.3, -0.25) is 5.01 Å². The molecule has 46 valence electrons. The van der Waals surface area contributed by atoms with E-state index in [1.165, 1.54) is 0 Å². The van der Waals surface area contributed by atoms with Crippen LogP contribution >= 0.6 is 0 Å². The molecule has 0 saturated heterocycles. The summed E-state index contributed by atoms with van der Waals surface area (Å²) < 4.78 is 5.06. The molecular weight excluding hydrogens is 104 g/mol. The largest absolute Gasteiger partial charge is 0.478 e. The second-order valence-corrected chi connectivity index (χ2v) is 1.85. The van der Waals surface area contributed by atoms with E-state index in [1.807, 2.05) is 19.0 Å². The van der Waals surface area contributed by atoms with E-state index in [2.05, 4.69) is 5.10 Å². The van der Waals surface area contributed by atoms with Crippen molar-refractivity contribution in [2.45, 2.75) is 6.92 Å². The zero-order valence-corrected chi connectivity index (χ0v) is 5.22. The first-order valence-electron chi connectivity index (χ1n) is 2.68. The van der Waals surface area contributed by atoms with Crippen LogP contribution in [0.4, 0.5) is 0 Å². The molecule has 0 aromatic rings. The smallest absolute Gasteiger partial charge is 0.202 e. The monoisotopic (exact) mass is 114 g/mol. The molecule has 1 aliphatic rings. The maximum Gasteiger partial charge on any atom is 0.202 e. The van der Waals surface area contributed by atoms with Crippen LogP contribution in [0.1, 0.15) is 6.92 Å². The van der Waals surface area contributed by atoms with Crippen molar-refractivity contribution in [3.63, 3.8) is 0 Å². The zero-order valence-electron chi connectivity index (χ0n) is 5.22. The molecule has 0 aromatic carbocycles. The molecule has 0 fully saturated rings. The summed E-state index contributed by atoms with van der Waals surface area (Å²) >= 11 is 0. The predicted octanol–water partition coefficient (Wildman–Crippen LogP) is 0.282. The van der Waals surface area contributed by atoms with E-state index in [-0.39, 0.29) is 0 Å². The van der Waals surface area contributed by atoms with Gasteiger partial charge in [0.1, 0.15) is 6.61 Å². The Balaban J connectivity index is 2.50. The molecule has 0 atom stereocenters. The average Bonchev–Trinajstić information content (AvgIpc) is 1.64. The topological polar surface area (TPSA) is 24.8 Å². The average molecular weight is 114 g/mol. The Morgan fingerprint density at radius 2 is 2.50 bits per heavy atom. The number of hydrogen-bond acceptors (Lipinski definition) is 3. The Kier molecular flexibility index (Phi) is 1.37. The van der Waals surface area contributed by atoms with Gasteiger partial charge in [0.05, 0.1) is 6.54 Å². The molecule has 0 amide bonds. The van der Waals surface area contributed by atoms with Crippen molar-refractivity contribution in [2.24, 2.45) is 5.10 Å². The maximum absolute atomic E-state index is 5.06. The number of hydrazone groups is 1. The molecule has 1 heterocycles. The molecule has 0 N–H and O–H groups in total. The Morgan fingerprint density at radius 1 is 1.75 bits per heavy atom. The van der Waals surface area contributed by atoms with Crippen molar-refractivity contribution in [3.05, 3.63) is 0 Å². The highest BCUT2D eigenvalue weighted by Crippen LogP contribution is 1.94. The predicted molar refractivity (Wildman–Crippen MR) is 31.7 cm³/mol. The van der Waals surface area contributed by atoms with Gasteiger partial charge in [0, 0.05) is 14.0 Å². The van der Waals surface area contributed by atoms with Gasteiger partial charge in [-0.2, -0.15) is 0 Å². The third-order valence-electron chi connectivity index (χ3n) is 1.04. The van der Waals surface area contributed by atoms with Gasteiger partial charge < -0.3 is 4.74 Å². The van der Waals surface area contributed by atoms with E-state index >= 15 is 0 Å². The first kappa shape index (κ1) is 5.41. The van der Waals surface area contributed by atoms with Gasteiger partial charge in [-0.1, -0.05) is 0 Å². The summed E-state index contributed by atoms with van der Waals surface area (Å²) in [4.78, 5) is 0. The van der Waals surface area contributed by atoms with E-state index in [9.17, 15) is 0 Å². The van der Waals surface area contributed by atoms with Crippen molar-refractivity contribution in [3.8, 4) is 0 Å². The molecule has 0 unspecified atom stereocenters. The van der Waals surface area contributed by atoms with Crippen LogP contribution in [-0.4, -0.2) is 31.1 Å². The van der Waals surface area contributed by atoms with Gasteiger partial charge in [0.25, 0.3) is 0 Å². The van der Waals surface area contributed by atoms with Crippen LogP contribution in [0.2, 0.25) is 0 Å². The summed E-state index contributed by atoms with van der Waals surface area (Å²) in [7, 11) is 1.94. The van der Waals surface area contributed by atoms with Crippen molar-refractivity contribution >= 4 is 5.90 Å². The fourth-order valence-electron chi connectivity index (χ4n) is 0.645. The summed E-state index contributed by atoms with van der Waals surface area (Å²) in [6.07, 6.45) is 0. The molecule has 0 aliphatic carbocycles. The lowest BCUT2D eigenvalue weighted by molar-refractivity contribution is 0.189. The molecule has 8 heavy (non-hydrogen) atoms. The Labute approximate surface area is 48.9 Å². The minimum Gasteiger partial charge on any atom is -0.478 e. The highest BCUT2D eigenvalue weighted by molar-refractivity contribution is 5.73. The number of hydrogen-bond donors (Lipinski definition) is 0. The highest BCUT2D eigenvalue weighted by atomic mass is 16.5.